The molecule has 88 valence electrons. The molecular weight excluding hydrogens is 209 g/mol. The van der Waals surface area contributed by atoms with Crippen molar-refractivity contribution in [2.75, 3.05) is 11.9 Å². The average molecular weight is 225 g/mol. The van der Waals surface area contributed by atoms with E-state index in [-0.39, 0.29) is 11.6 Å². The number of carbonyl (C=O) groups is 1. The van der Waals surface area contributed by atoms with E-state index < -0.39 is 11.7 Å². The van der Waals surface area contributed by atoms with Gasteiger partial charge in [-0.2, -0.15) is 0 Å². The van der Waals surface area contributed by atoms with Gasteiger partial charge in [0.1, 0.15) is 5.82 Å². The number of benzene rings is 1. The van der Waals surface area contributed by atoms with Gasteiger partial charge in [-0.1, -0.05) is 6.92 Å². The van der Waals surface area contributed by atoms with Gasteiger partial charge in [0, 0.05) is 18.2 Å². The van der Waals surface area contributed by atoms with Crippen LogP contribution in [0.1, 0.15) is 23.7 Å². The molecule has 0 bridgehead atoms. The molecule has 1 amide bonds. The fourth-order valence-electron chi connectivity index (χ4n) is 1.33. The van der Waals surface area contributed by atoms with Crippen LogP contribution in [0.15, 0.2) is 18.2 Å². The van der Waals surface area contributed by atoms with Crippen molar-refractivity contribution in [3.05, 3.63) is 29.6 Å². The molecule has 0 spiro atoms. The van der Waals surface area contributed by atoms with Crippen LogP contribution in [0.3, 0.4) is 0 Å². The van der Waals surface area contributed by atoms with Crippen molar-refractivity contribution in [3.63, 3.8) is 0 Å². The molecule has 4 nitrogen and oxygen atoms in total. The molecule has 1 aromatic carbocycles. The summed E-state index contributed by atoms with van der Waals surface area (Å²) in [5.74, 6) is -1.14. The van der Waals surface area contributed by atoms with Gasteiger partial charge in [-0.3, -0.25) is 4.79 Å². The maximum atomic E-state index is 13.5. The number of nitrogens with two attached hydrogens (primary N) is 2. The van der Waals surface area contributed by atoms with E-state index in [1.807, 2.05) is 6.92 Å². The minimum absolute atomic E-state index is 0.0222. The Bertz CT molecular complexity index is 377. The molecular formula is C11H16FN3O. The SMILES string of the molecule is CCC(CN)Nc1ccc(C(N)=O)cc1F. The average Bonchev–Trinajstić information content (AvgIpc) is 2.27. The lowest BCUT2D eigenvalue weighted by atomic mass is 10.1. The lowest BCUT2D eigenvalue weighted by molar-refractivity contribution is 0.1000. The molecule has 1 unspecified atom stereocenters. The summed E-state index contributed by atoms with van der Waals surface area (Å²) in [5.41, 5.74) is 11.0. The number of nitrogens with one attached hydrogen (secondary N) is 1. The third-order valence-electron chi connectivity index (χ3n) is 2.39. The predicted molar refractivity (Wildman–Crippen MR) is 61.7 cm³/mol. The van der Waals surface area contributed by atoms with Crippen LogP contribution in [0.25, 0.3) is 0 Å². The highest BCUT2D eigenvalue weighted by molar-refractivity contribution is 5.93. The zero-order valence-electron chi connectivity index (χ0n) is 9.16. The van der Waals surface area contributed by atoms with Gasteiger partial charge in [0.25, 0.3) is 0 Å². The molecule has 1 atom stereocenters. The van der Waals surface area contributed by atoms with Gasteiger partial charge in [-0.15, -0.1) is 0 Å². The number of rotatable bonds is 5. The molecule has 0 aliphatic rings. The van der Waals surface area contributed by atoms with E-state index in [0.717, 1.165) is 12.5 Å². The van der Waals surface area contributed by atoms with Crippen molar-refractivity contribution in [1.82, 2.24) is 0 Å². The first-order chi connectivity index (χ1) is 7.58. The number of carbonyl (C=O) groups excluding carboxylic acids is 1. The molecule has 0 saturated heterocycles. The van der Waals surface area contributed by atoms with Gasteiger partial charge >= 0.3 is 0 Å². The van der Waals surface area contributed by atoms with Crippen molar-refractivity contribution in [2.24, 2.45) is 11.5 Å². The highest BCUT2D eigenvalue weighted by Crippen LogP contribution is 2.17. The van der Waals surface area contributed by atoms with E-state index in [9.17, 15) is 9.18 Å². The van der Waals surface area contributed by atoms with Crippen LogP contribution in [0.2, 0.25) is 0 Å². The molecule has 0 aliphatic carbocycles. The molecule has 1 aromatic rings. The summed E-state index contributed by atoms with van der Waals surface area (Å²) in [6.07, 6.45) is 0.799. The second kappa shape index (κ2) is 5.46. The third-order valence-corrected chi connectivity index (χ3v) is 2.39. The van der Waals surface area contributed by atoms with Gasteiger partial charge in [0.2, 0.25) is 5.91 Å². The van der Waals surface area contributed by atoms with E-state index in [0.29, 0.717) is 12.2 Å². The summed E-state index contributed by atoms with van der Waals surface area (Å²) < 4.78 is 13.5. The Hall–Kier alpha value is -1.62. The number of hydrogen-bond donors (Lipinski definition) is 3. The fraction of sp³-hybridized carbons (Fsp3) is 0.364. The molecule has 0 aromatic heterocycles. The summed E-state index contributed by atoms with van der Waals surface area (Å²) in [5, 5.41) is 2.96. The van der Waals surface area contributed by atoms with Gasteiger partial charge < -0.3 is 16.8 Å². The van der Waals surface area contributed by atoms with E-state index >= 15 is 0 Å². The Morgan fingerprint density at radius 3 is 2.69 bits per heavy atom. The Balaban J connectivity index is 2.86. The molecule has 0 fully saturated rings. The topological polar surface area (TPSA) is 81.1 Å². The second-order valence-corrected chi connectivity index (χ2v) is 3.54. The zero-order chi connectivity index (χ0) is 12.1. The molecule has 5 N–H and O–H groups in total. The number of primary amides is 1. The predicted octanol–water partition coefficient (Wildman–Crippen LogP) is 1.07. The summed E-state index contributed by atoms with van der Waals surface area (Å²) in [7, 11) is 0. The van der Waals surface area contributed by atoms with Crippen LogP contribution in [0.5, 0.6) is 0 Å². The first-order valence-electron chi connectivity index (χ1n) is 5.14. The zero-order valence-corrected chi connectivity index (χ0v) is 9.16. The van der Waals surface area contributed by atoms with E-state index in [4.69, 9.17) is 11.5 Å². The third kappa shape index (κ3) is 2.93. The maximum Gasteiger partial charge on any atom is 0.248 e. The molecule has 0 aliphatic heterocycles. The van der Waals surface area contributed by atoms with Gasteiger partial charge in [0.15, 0.2) is 0 Å². The van der Waals surface area contributed by atoms with Crippen LogP contribution < -0.4 is 16.8 Å². The Morgan fingerprint density at radius 1 is 1.56 bits per heavy atom. The molecule has 0 saturated carbocycles. The minimum Gasteiger partial charge on any atom is -0.379 e. The van der Waals surface area contributed by atoms with Gasteiger partial charge in [-0.25, -0.2) is 4.39 Å². The molecule has 1 rings (SSSR count). The van der Waals surface area contributed by atoms with E-state index in [1.54, 1.807) is 0 Å². The highest BCUT2D eigenvalue weighted by atomic mass is 19.1. The van der Waals surface area contributed by atoms with Crippen LogP contribution in [0.4, 0.5) is 10.1 Å². The van der Waals surface area contributed by atoms with Crippen molar-refractivity contribution >= 4 is 11.6 Å². The standard InChI is InChI=1S/C11H16FN3O/c1-2-8(6-13)15-10-4-3-7(11(14)16)5-9(10)12/h3-5,8,15H,2,6,13H2,1H3,(H2,14,16). The number of halogens is 1. The first-order valence-corrected chi connectivity index (χ1v) is 5.14. The van der Waals surface area contributed by atoms with Crippen molar-refractivity contribution in [2.45, 2.75) is 19.4 Å². The van der Waals surface area contributed by atoms with Gasteiger partial charge in [0.05, 0.1) is 5.69 Å². The van der Waals surface area contributed by atoms with Crippen molar-refractivity contribution < 1.29 is 9.18 Å². The fourth-order valence-corrected chi connectivity index (χ4v) is 1.33. The smallest absolute Gasteiger partial charge is 0.248 e. The Labute approximate surface area is 93.8 Å². The lowest BCUT2D eigenvalue weighted by Crippen LogP contribution is -2.28. The van der Waals surface area contributed by atoms with Crippen molar-refractivity contribution in [3.8, 4) is 0 Å². The maximum absolute atomic E-state index is 13.5. The van der Waals surface area contributed by atoms with Gasteiger partial charge in [-0.05, 0) is 24.6 Å². The normalized spacial score (nSPS) is 12.2. The molecule has 16 heavy (non-hydrogen) atoms. The largest absolute Gasteiger partial charge is 0.379 e. The first kappa shape index (κ1) is 12.4. The minimum atomic E-state index is -0.642. The lowest BCUT2D eigenvalue weighted by Gasteiger charge is -2.16. The highest BCUT2D eigenvalue weighted by Gasteiger charge is 2.09. The van der Waals surface area contributed by atoms with Crippen LogP contribution in [-0.4, -0.2) is 18.5 Å². The van der Waals surface area contributed by atoms with Crippen LogP contribution in [0, 0.1) is 5.82 Å². The van der Waals surface area contributed by atoms with E-state index in [1.165, 1.54) is 12.1 Å². The second-order valence-electron chi connectivity index (χ2n) is 3.54. The summed E-state index contributed by atoms with van der Waals surface area (Å²) in [4.78, 5) is 10.8. The molecule has 0 heterocycles. The number of anilines is 1. The van der Waals surface area contributed by atoms with Crippen LogP contribution in [-0.2, 0) is 0 Å². The van der Waals surface area contributed by atoms with E-state index in [2.05, 4.69) is 5.32 Å². The van der Waals surface area contributed by atoms with Crippen molar-refractivity contribution in [1.29, 1.82) is 0 Å². The molecule has 0 radical (unpaired) electrons. The Kier molecular flexibility index (Phi) is 4.25. The number of hydrogen-bond acceptors (Lipinski definition) is 3. The Morgan fingerprint density at radius 2 is 2.25 bits per heavy atom. The quantitative estimate of drug-likeness (QED) is 0.701. The summed E-state index contributed by atoms with van der Waals surface area (Å²) >= 11 is 0. The van der Waals surface area contributed by atoms with Crippen LogP contribution >= 0.6 is 0 Å². The monoisotopic (exact) mass is 225 g/mol. The molecule has 5 heteroatoms. The summed E-state index contributed by atoms with van der Waals surface area (Å²) in [6.45, 7) is 2.38. The summed E-state index contributed by atoms with van der Waals surface area (Å²) in [6, 6.07) is 4.12. The number of amides is 1.